The molecule has 0 atom stereocenters. The first-order chi connectivity index (χ1) is 8.88. The van der Waals surface area contributed by atoms with Gasteiger partial charge < -0.3 is 4.74 Å². The average Bonchev–Trinajstić information content (AvgIpc) is 2.45. The molecule has 0 saturated carbocycles. The predicted octanol–water partition coefficient (Wildman–Crippen LogP) is 3.60. The van der Waals surface area contributed by atoms with Gasteiger partial charge in [-0.3, -0.25) is 4.98 Å². The summed E-state index contributed by atoms with van der Waals surface area (Å²) in [5.74, 6) is 0.588. The van der Waals surface area contributed by atoms with E-state index >= 15 is 0 Å². The molecule has 0 aliphatic carbocycles. The number of hydrogen-bond acceptors (Lipinski definition) is 2. The van der Waals surface area contributed by atoms with E-state index in [2.05, 4.69) is 4.98 Å². The molecule has 0 aliphatic heterocycles. The zero-order valence-electron chi connectivity index (χ0n) is 9.92. The molecule has 0 saturated heterocycles. The number of hydrogen-bond donors (Lipinski definition) is 0. The summed E-state index contributed by atoms with van der Waals surface area (Å²) in [6.07, 6.45) is 5.51. The van der Waals surface area contributed by atoms with Crippen LogP contribution in [0.1, 0.15) is 11.3 Å². The average molecular weight is 243 g/mol. The minimum atomic E-state index is -0.490. The molecule has 2 rings (SSSR count). The number of benzene rings is 1. The van der Waals surface area contributed by atoms with Crippen LogP contribution in [0.3, 0.4) is 0 Å². The standard InChI is InChI=1S/C15H14FNO/c16-10-11-18-15-9-8-14(17-12-15)7-6-13-4-2-1-3-5-13/h1-9,12H,10-11H2/b7-6+. The topological polar surface area (TPSA) is 22.1 Å². The van der Waals surface area contributed by atoms with Gasteiger partial charge in [0.15, 0.2) is 0 Å². The largest absolute Gasteiger partial charge is 0.489 e. The van der Waals surface area contributed by atoms with Gasteiger partial charge >= 0.3 is 0 Å². The molecule has 18 heavy (non-hydrogen) atoms. The molecule has 92 valence electrons. The van der Waals surface area contributed by atoms with Crippen LogP contribution in [0.25, 0.3) is 12.2 Å². The second kappa shape index (κ2) is 6.55. The third-order valence-electron chi connectivity index (χ3n) is 2.35. The number of pyridine rings is 1. The first-order valence-corrected chi connectivity index (χ1v) is 5.76. The van der Waals surface area contributed by atoms with E-state index in [1.807, 2.05) is 48.6 Å². The SMILES string of the molecule is FCCOc1ccc(/C=C/c2ccccc2)nc1. The Morgan fingerprint density at radius 1 is 1.06 bits per heavy atom. The highest BCUT2D eigenvalue weighted by Crippen LogP contribution is 2.11. The second-order valence-electron chi connectivity index (χ2n) is 3.70. The lowest BCUT2D eigenvalue weighted by atomic mass is 10.2. The summed E-state index contributed by atoms with van der Waals surface area (Å²) in [5, 5.41) is 0. The van der Waals surface area contributed by atoms with Gasteiger partial charge in [-0.05, 0) is 23.8 Å². The van der Waals surface area contributed by atoms with E-state index in [0.717, 1.165) is 11.3 Å². The molecular weight excluding hydrogens is 229 g/mol. The number of aromatic nitrogens is 1. The van der Waals surface area contributed by atoms with E-state index < -0.39 is 6.67 Å². The lowest BCUT2D eigenvalue weighted by Crippen LogP contribution is -1.98. The summed E-state index contributed by atoms with van der Waals surface area (Å²) in [6, 6.07) is 13.6. The number of ether oxygens (including phenoxy) is 1. The Kier molecular flexibility index (Phi) is 4.47. The van der Waals surface area contributed by atoms with E-state index in [-0.39, 0.29) is 6.61 Å². The molecule has 2 nitrogen and oxygen atoms in total. The Morgan fingerprint density at radius 2 is 1.89 bits per heavy atom. The van der Waals surface area contributed by atoms with Crippen molar-refractivity contribution < 1.29 is 9.13 Å². The highest BCUT2D eigenvalue weighted by atomic mass is 19.1. The van der Waals surface area contributed by atoms with Crippen LogP contribution in [0.15, 0.2) is 48.7 Å². The maximum atomic E-state index is 11.9. The molecule has 0 unspecified atom stereocenters. The van der Waals surface area contributed by atoms with E-state index in [0.29, 0.717) is 5.75 Å². The molecule has 0 spiro atoms. The van der Waals surface area contributed by atoms with Gasteiger partial charge in [0.2, 0.25) is 0 Å². The van der Waals surface area contributed by atoms with Gasteiger partial charge in [0.25, 0.3) is 0 Å². The molecule has 0 N–H and O–H groups in total. The van der Waals surface area contributed by atoms with E-state index in [1.165, 1.54) is 0 Å². The van der Waals surface area contributed by atoms with Gasteiger partial charge in [0.1, 0.15) is 19.0 Å². The number of alkyl halides is 1. The van der Waals surface area contributed by atoms with E-state index in [1.54, 1.807) is 12.3 Å². The van der Waals surface area contributed by atoms with Crippen LogP contribution >= 0.6 is 0 Å². The van der Waals surface area contributed by atoms with Crippen LogP contribution in [0.2, 0.25) is 0 Å². The monoisotopic (exact) mass is 243 g/mol. The maximum Gasteiger partial charge on any atom is 0.137 e. The van der Waals surface area contributed by atoms with Crippen molar-refractivity contribution in [2.24, 2.45) is 0 Å². The Labute approximate surface area is 106 Å². The van der Waals surface area contributed by atoms with Gasteiger partial charge in [0.05, 0.1) is 11.9 Å². The Bertz CT molecular complexity index is 494. The van der Waals surface area contributed by atoms with Crippen molar-refractivity contribution in [1.82, 2.24) is 4.98 Å². The summed E-state index contributed by atoms with van der Waals surface area (Å²) < 4.78 is 17.0. The normalized spacial score (nSPS) is 10.7. The number of halogens is 1. The fourth-order valence-electron chi connectivity index (χ4n) is 1.48. The molecule has 0 amide bonds. The molecular formula is C15H14FNO. The molecule has 0 aliphatic rings. The van der Waals surface area contributed by atoms with Gasteiger partial charge in [-0.1, -0.05) is 36.4 Å². The molecule has 1 heterocycles. The molecule has 1 aromatic carbocycles. The summed E-state index contributed by atoms with van der Waals surface area (Å²) in [5.41, 5.74) is 1.96. The van der Waals surface area contributed by atoms with Crippen molar-refractivity contribution in [2.75, 3.05) is 13.3 Å². The second-order valence-corrected chi connectivity index (χ2v) is 3.70. The Hall–Kier alpha value is -2.16. The molecule has 0 bridgehead atoms. The summed E-state index contributed by atoms with van der Waals surface area (Å²) in [6.45, 7) is -0.420. The van der Waals surface area contributed by atoms with Gasteiger partial charge in [0, 0.05) is 0 Å². The van der Waals surface area contributed by atoms with Crippen LogP contribution in [0, 0.1) is 0 Å². The van der Waals surface area contributed by atoms with Gasteiger partial charge in [-0.25, -0.2) is 4.39 Å². The van der Waals surface area contributed by atoms with Crippen LogP contribution in [-0.2, 0) is 0 Å². The predicted molar refractivity (Wildman–Crippen MR) is 71.1 cm³/mol. The van der Waals surface area contributed by atoms with Crippen LogP contribution in [0.4, 0.5) is 4.39 Å². The fourth-order valence-corrected chi connectivity index (χ4v) is 1.48. The molecule has 1 aromatic heterocycles. The van der Waals surface area contributed by atoms with Gasteiger partial charge in [-0.2, -0.15) is 0 Å². The molecule has 0 fully saturated rings. The fraction of sp³-hybridized carbons (Fsp3) is 0.133. The van der Waals surface area contributed by atoms with Crippen molar-refractivity contribution >= 4 is 12.2 Å². The van der Waals surface area contributed by atoms with Crippen molar-refractivity contribution in [1.29, 1.82) is 0 Å². The summed E-state index contributed by atoms with van der Waals surface area (Å²) in [7, 11) is 0. The van der Waals surface area contributed by atoms with Crippen LogP contribution in [0.5, 0.6) is 5.75 Å². The third kappa shape index (κ3) is 3.70. The highest BCUT2D eigenvalue weighted by Gasteiger charge is 1.94. The van der Waals surface area contributed by atoms with Crippen molar-refractivity contribution in [3.63, 3.8) is 0 Å². The summed E-state index contributed by atoms with van der Waals surface area (Å²) in [4.78, 5) is 4.21. The lowest BCUT2D eigenvalue weighted by Gasteiger charge is -2.02. The Balaban J connectivity index is 2.00. The van der Waals surface area contributed by atoms with Crippen LogP contribution < -0.4 is 4.74 Å². The highest BCUT2D eigenvalue weighted by molar-refractivity contribution is 5.67. The minimum absolute atomic E-state index is 0.0703. The first kappa shape index (κ1) is 12.3. The number of nitrogens with zero attached hydrogens (tertiary/aromatic N) is 1. The first-order valence-electron chi connectivity index (χ1n) is 5.76. The molecule has 3 heteroatoms. The molecule has 0 radical (unpaired) electrons. The van der Waals surface area contributed by atoms with Crippen molar-refractivity contribution in [2.45, 2.75) is 0 Å². The van der Waals surface area contributed by atoms with E-state index in [9.17, 15) is 4.39 Å². The summed E-state index contributed by atoms with van der Waals surface area (Å²) >= 11 is 0. The van der Waals surface area contributed by atoms with Crippen molar-refractivity contribution in [3.8, 4) is 5.75 Å². The van der Waals surface area contributed by atoms with Crippen molar-refractivity contribution in [3.05, 3.63) is 59.9 Å². The Morgan fingerprint density at radius 3 is 2.56 bits per heavy atom. The third-order valence-corrected chi connectivity index (χ3v) is 2.35. The smallest absolute Gasteiger partial charge is 0.137 e. The maximum absolute atomic E-state index is 11.9. The zero-order valence-corrected chi connectivity index (χ0v) is 9.92. The van der Waals surface area contributed by atoms with E-state index in [4.69, 9.17) is 4.74 Å². The number of rotatable bonds is 5. The minimum Gasteiger partial charge on any atom is -0.489 e. The zero-order chi connectivity index (χ0) is 12.6. The molecule has 2 aromatic rings. The van der Waals surface area contributed by atoms with Gasteiger partial charge in [-0.15, -0.1) is 0 Å². The van der Waals surface area contributed by atoms with Crippen LogP contribution in [-0.4, -0.2) is 18.3 Å². The quantitative estimate of drug-likeness (QED) is 0.800. The lowest BCUT2D eigenvalue weighted by molar-refractivity contribution is 0.272.